The lowest BCUT2D eigenvalue weighted by Gasteiger charge is -2.13. The van der Waals surface area contributed by atoms with Crippen molar-refractivity contribution in [1.82, 2.24) is 4.98 Å². The zero-order valence-electron chi connectivity index (χ0n) is 10.7. The topological polar surface area (TPSA) is 51.2 Å². The third-order valence-corrected chi connectivity index (χ3v) is 3.74. The molecule has 104 valence electrons. The van der Waals surface area contributed by atoms with E-state index in [1.54, 1.807) is 18.5 Å². The molecule has 0 saturated heterocycles. The molecule has 2 rings (SSSR count). The molecule has 1 N–H and O–H groups in total. The van der Waals surface area contributed by atoms with Crippen molar-refractivity contribution in [3.63, 3.8) is 0 Å². The quantitative estimate of drug-likeness (QED) is 0.789. The summed E-state index contributed by atoms with van der Waals surface area (Å²) in [6.45, 7) is 0.568. The van der Waals surface area contributed by atoms with Crippen molar-refractivity contribution in [2.75, 3.05) is 12.4 Å². The molecular formula is C14H12Br2N2O2. The first-order chi connectivity index (χ1) is 9.61. The summed E-state index contributed by atoms with van der Waals surface area (Å²) in [5, 5.41) is 3.23. The zero-order valence-corrected chi connectivity index (χ0v) is 13.9. The van der Waals surface area contributed by atoms with Crippen molar-refractivity contribution in [2.45, 2.75) is 6.54 Å². The van der Waals surface area contributed by atoms with Gasteiger partial charge in [0.1, 0.15) is 0 Å². The number of nitrogens with one attached hydrogen (secondary N) is 1. The van der Waals surface area contributed by atoms with Gasteiger partial charge >= 0.3 is 5.97 Å². The van der Waals surface area contributed by atoms with Crippen molar-refractivity contribution in [1.29, 1.82) is 0 Å². The molecule has 0 radical (unpaired) electrons. The highest BCUT2D eigenvalue weighted by atomic mass is 79.9. The molecule has 0 spiro atoms. The average Bonchev–Trinajstić information content (AvgIpc) is 2.46. The minimum absolute atomic E-state index is 0.388. The molecule has 20 heavy (non-hydrogen) atoms. The van der Waals surface area contributed by atoms with Crippen molar-refractivity contribution < 1.29 is 9.53 Å². The summed E-state index contributed by atoms with van der Waals surface area (Å²) in [4.78, 5) is 15.9. The van der Waals surface area contributed by atoms with Crippen LogP contribution < -0.4 is 5.32 Å². The molecule has 0 unspecified atom stereocenters. The Balaban J connectivity index is 2.28. The Bertz CT molecular complexity index is 618. The number of carbonyl (C=O) groups is 1. The van der Waals surface area contributed by atoms with Crippen LogP contribution in [0.1, 0.15) is 15.9 Å². The number of methoxy groups -OCH3 is 1. The average molecular weight is 400 g/mol. The number of hydrogen-bond acceptors (Lipinski definition) is 4. The van der Waals surface area contributed by atoms with E-state index in [0.717, 1.165) is 14.5 Å². The van der Waals surface area contributed by atoms with E-state index in [-0.39, 0.29) is 5.97 Å². The molecule has 0 aliphatic heterocycles. The van der Waals surface area contributed by atoms with Gasteiger partial charge in [0.2, 0.25) is 0 Å². The fourth-order valence-corrected chi connectivity index (χ4v) is 3.08. The Labute approximate surface area is 133 Å². The molecule has 2 aromatic rings. The van der Waals surface area contributed by atoms with Crippen molar-refractivity contribution >= 4 is 43.5 Å². The van der Waals surface area contributed by atoms with Crippen LogP contribution >= 0.6 is 31.9 Å². The summed E-state index contributed by atoms with van der Waals surface area (Å²) in [7, 11) is 1.36. The van der Waals surface area contributed by atoms with Gasteiger partial charge in [-0.3, -0.25) is 4.98 Å². The number of aromatic nitrogens is 1. The largest absolute Gasteiger partial charge is 0.465 e. The molecule has 0 aliphatic rings. The number of nitrogens with zero attached hydrogens (tertiary/aromatic N) is 1. The second kappa shape index (κ2) is 6.85. The van der Waals surface area contributed by atoms with Crippen LogP contribution in [0.25, 0.3) is 0 Å². The fraction of sp³-hybridized carbons (Fsp3) is 0.143. The van der Waals surface area contributed by atoms with E-state index < -0.39 is 0 Å². The molecule has 4 nitrogen and oxygen atoms in total. The first kappa shape index (κ1) is 15.0. The summed E-state index contributed by atoms with van der Waals surface area (Å²) in [5.41, 5.74) is 2.19. The highest BCUT2D eigenvalue weighted by Gasteiger charge is 2.15. The number of hydrogen-bond donors (Lipinski definition) is 1. The van der Waals surface area contributed by atoms with Gasteiger partial charge in [0.05, 0.1) is 18.4 Å². The zero-order chi connectivity index (χ0) is 14.5. The molecule has 1 aromatic heterocycles. The van der Waals surface area contributed by atoms with Crippen LogP contribution in [0, 0.1) is 0 Å². The Kier molecular flexibility index (Phi) is 5.14. The van der Waals surface area contributed by atoms with Crippen LogP contribution in [0.2, 0.25) is 0 Å². The number of halogens is 2. The third kappa shape index (κ3) is 3.58. The van der Waals surface area contributed by atoms with E-state index in [1.165, 1.54) is 7.11 Å². The van der Waals surface area contributed by atoms with Gasteiger partial charge in [-0.05, 0) is 39.7 Å². The van der Waals surface area contributed by atoms with E-state index in [9.17, 15) is 4.79 Å². The molecule has 1 aromatic carbocycles. The summed E-state index contributed by atoms with van der Waals surface area (Å²) in [5.74, 6) is -0.388. The first-order valence-corrected chi connectivity index (χ1v) is 7.40. The molecule has 6 heteroatoms. The summed E-state index contributed by atoms with van der Waals surface area (Å²) in [6, 6.07) is 7.43. The van der Waals surface area contributed by atoms with Crippen molar-refractivity contribution in [2.24, 2.45) is 0 Å². The van der Waals surface area contributed by atoms with Gasteiger partial charge in [0, 0.05) is 27.9 Å². The smallest absolute Gasteiger partial charge is 0.340 e. The second-order valence-corrected chi connectivity index (χ2v) is 5.79. The highest BCUT2D eigenvalue weighted by molar-refractivity contribution is 9.11. The maximum Gasteiger partial charge on any atom is 0.340 e. The van der Waals surface area contributed by atoms with E-state index in [0.29, 0.717) is 17.8 Å². The maximum atomic E-state index is 11.8. The molecule has 0 atom stereocenters. The van der Waals surface area contributed by atoms with Gasteiger partial charge in [-0.1, -0.05) is 22.0 Å². The van der Waals surface area contributed by atoms with E-state index in [4.69, 9.17) is 4.74 Å². The fourth-order valence-electron chi connectivity index (χ4n) is 1.72. The molecule has 0 saturated carbocycles. The van der Waals surface area contributed by atoms with E-state index >= 15 is 0 Å². The number of anilines is 1. The minimum atomic E-state index is -0.388. The van der Waals surface area contributed by atoms with Crippen LogP contribution in [-0.2, 0) is 11.3 Å². The summed E-state index contributed by atoms with van der Waals surface area (Å²) < 4.78 is 6.40. The van der Waals surface area contributed by atoms with Gasteiger partial charge < -0.3 is 10.1 Å². The normalized spacial score (nSPS) is 10.2. The van der Waals surface area contributed by atoms with Gasteiger partial charge in [0.15, 0.2) is 0 Å². The van der Waals surface area contributed by atoms with Gasteiger partial charge in [0.25, 0.3) is 0 Å². The first-order valence-electron chi connectivity index (χ1n) is 5.82. The third-order valence-electron chi connectivity index (χ3n) is 2.65. The van der Waals surface area contributed by atoms with Gasteiger partial charge in [-0.25, -0.2) is 4.79 Å². The molecule has 0 fully saturated rings. The van der Waals surface area contributed by atoms with Crippen molar-refractivity contribution in [3.05, 3.63) is 56.7 Å². The Hall–Kier alpha value is -1.40. The Morgan fingerprint density at radius 2 is 2.20 bits per heavy atom. The Morgan fingerprint density at radius 1 is 1.40 bits per heavy atom. The number of rotatable bonds is 4. The lowest BCUT2D eigenvalue weighted by atomic mass is 10.1. The predicted octanol–water partition coefficient (Wildman–Crippen LogP) is 4.01. The molecule has 0 bridgehead atoms. The molecule has 0 aliphatic carbocycles. The number of pyridine rings is 1. The Morgan fingerprint density at radius 3 is 2.85 bits per heavy atom. The second-order valence-electron chi connectivity index (χ2n) is 4.02. The summed E-state index contributed by atoms with van der Waals surface area (Å²) in [6.07, 6.45) is 3.50. The van der Waals surface area contributed by atoms with Gasteiger partial charge in [-0.2, -0.15) is 0 Å². The standard InChI is InChI=1S/C14H12Br2N2O2/c1-20-14(19)11-5-10(15)6-12(16)13(11)18-8-9-3-2-4-17-7-9/h2-7,18H,8H2,1H3. The van der Waals surface area contributed by atoms with E-state index in [1.807, 2.05) is 18.2 Å². The number of carbonyl (C=O) groups excluding carboxylic acids is 1. The highest BCUT2D eigenvalue weighted by Crippen LogP contribution is 2.31. The molecular weight excluding hydrogens is 388 g/mol. The molecule has 1 heterocycles. The maximum absolute atomic E-state index is 11.8. The van der Waals surface area contributed by atoms with Crippen LogP contribution in [0.3, 0.4) is 0 Å². The number of esters is 1. The van der Waals surface area contributed by atoms with Crippen molar-refractivity contribution in [3.8, 4) is 0 Å². The number of ether oxygens (including phenoxy) is 1. The van der Waals surface area contributed by atoms with Gasteiger partial charge in [-0.15, -0.1) is 0 Å². The monoisotopic (exact) mass is 398 g/mol. The summed E-state index contributed by atoms with van der Waals surface area (Å²) >= 11 is 6.82. The van der Waals surface area contributed by atoms with E-state index in [2.05, 4.69) is 42.2 Å². The van der Waals surface area contributed by atoms with Crippen LogP contribution in [-0.4, -0.2) is 18.1 Å². The minimum Gasteiger partial charge on any atom is -0.465 e. The van der Waals surface area contributed by atoms with Crippen LogP contribution in [0.5, 0.6) is 0 Å². The van der Waals surface area contributed by atoms with Crippen LogP contribution in [0.4, 0.5) is 5.69 Å². The lowest BCUT2D eigenvalue weighted by molar-refractivity contribution is 0.0601. The lowest BCUT2D eigenvalue weighted by Crippen LogP contribution is -2.09. The molecule has 0 amide bonds. The number of benzene rings is 1. The SMILES string of the molecule is COC(=O)c1cc(Br)cc(Br)c1NCc1cccnc1. The van der Waals surface area contributed by atoms with Crippen LogP contribution in [0.15, 0.2) is 45.6 Å². The predicted molar refractivity (Wildman–Crippen MR) is 84.7 cm³/mol.